The highest BCUT2D eigenvalue weighted by Gasteiger charge is 2.22. The lowest BCUT2D eigenvalue weighted by Gasteiger charge is -2.20. The molecule has 1 heterocycles. The van der Waals surface area contributed by atoms with Crippen LogP contribution in [0.4, 0.5) is 0 Å². The maximum Gasteiger partial charge on any atom is 0.275 e. The van der Waals surface area contributed by atoms with Gasteiger partial charge in [-0.15, -0.1) is 0 Å². The summed E-state index contributed by atoms with van der Waals surface area (Å²) < 4.78 is 4.73. The minimum atomic E-state index is -2.71. The van der Waals surface area contributed by atoms with E-state index in [0.717, 1.165) is 0 Å². The van der Waals surface area contributed by atoms with Crippen molar-refractivity contribution in [3.8, 4) is 0 Å². The number of rotatable bonds is 11. The largest absolute Gasteiger partial charge is 0.394 e. The first-order valence-electron chi connectivity index (χ1n) is 7.47. The fourth-order valence-electron chi connectivity index (χ4n) is 1.92. The van der Waals surface area contributed by atoms with E-state index in [1.54, 1.807) is 0 Å². The molecule has 1 aromatic heterocycles. The highest BCUT2D eigenvalue weighted by Crippen LogP contribution is 2.18. The normalized spacial score (nSPS) is 16.0. The van der Waals surface area contributed by atoms with Crippen molar-refractivity contribution in [1.29, 1.82) is 0 Å². The van der Waals surface area contributed by atoms with Crippen LogP contribution in [-0.2, 0) is 11.2 Å². The Morgan fingerprint density at radius 2 is 1.79 bits per heavy atom. The molecule has 0 saturated carbocycles. The smallest absolute Gasteiger partial charge is 0.275 e. The quantitative estimate of drug-likeness (QED) is 0.212. The van der Waals surface area contributed by atoms with Crippen molar-refractivity contribution < 1.29 is 40.5 Å². The summed E-state index contributed by atoms with van der Waals surface area (Å²) in [6.07, 6.45) is -1.23. The number of aryl methyl sites for hydroxylation is 1. The minimum Gasteiger partial charge on any atom is -0.394 e. The second-order valence-corrected chi connectivity index (χ2v) is 5.36. The van der Waals surface area contributed by atoms with Crippen LogP contribution in [0.25, 0.3) is 0 Å². The van der Waals surface area contributed by atoms with E-state index in [1.165, 1.54) is 12.4 Å². The topological polar surface area (TPSA) is 177 Å². The third-order valence-electron chi connectivity index (χ3n) is 3.19. The SMILES string of the molecule is OCCOC(O)C(O)CC(O)c1cnc(CCCC(O)(O)O)cn1. The zero-order valence-electron chi connectivity index (χ0n) is 13.1. The first kappa shape index (κ1) is 20.8. The summed E-state index contributed by atoms with van der Waals surface area (Å²) in [5.41, 5.74) is 0.718. The first-order valence-corrected chi connectivity index (χ1v) is 7.47. The molecule has 3 atom stereocenters. The number of ether oxygens (including phenoxy) is 1. The molecule has 1 aromatic rings. The molecule has 10 nitrogen and oxygen atoms in total. The molecule has 0 amide bonds. The summed E-state index contributed by atoms with van der Waals surface area (Å²) in [6, 6.07) is 0. The van der Waals surface area contributed by atoms with Gasteiger partial charge in [-0.2, -0.15) is 0 Å². The molecule has 0 fully saturated rings. The third-order valence-corrected chi connectivity index (χ3v) is 3.19. The molecule has 0 aromatic carbocycles. The molecule has 10 heteroatoms. The van der Waals surface area contributed by atoms with Crippen molar-refractivity contribution in [3.63, 3.8) is 0 Å². The van der Waals surface area contributed by atoms with Crippen molar-refractivity contribution in [2.45, 2.75) is 50.2 Å². The van der Waals surface area contributed by atoms with Crippen LogP contribution < -0.4 is 0 Å². The summed E-state index contributed by atoms with van der Waals surface area (Å²) >= 11 is 0. The van der Waals surface area contributed by atoms with E-state index in [9.17, 15) is 15.3 Å². The fourth-order valence-corrected chi connectivity index (χ4v) is 1.92. The second-order valence-electron chi connectivity index (χ2n) is 5.36. The van der Waals surface area contributed by atoms with Gasteiger partial charge in [0.15, 0.2) is 6.29 Å². The molecule has 0 radical (unpaired) electrons. The van der Waals surface area contributed by atoms with Gasteiger partial charge in [-0.3, -0.25) is 9.97 Å². The molecule has 0 aliphatic heterocycles. The van der Waals surface area contributed by atoms with E-state index in [-0.39, 0.29) is 38.2 Å². The van der Waals surface area contributed by atoms with Crippen LogP contribution in [0, 0.1) is 0 Å². The van der Waals surface area contributed by atoms with E-state index in [4.69, 9.17) is 25.2 Å². The number of aliphatic hydroxyl groups is 7. The van der Waals surface area contributed by atoms with Crippen LogP contribution in [0.2, 0.25) is 0 Å². The minimum absolute atomic E-state index is 0.139. The molecule has 0 bridgehead atoms. The summed E-state index contributed by atoms with van der Waals surface area (Å²) in [5, 5.41) is 64.0. The van der Waals surface area contributed by atoms with Crippen molar-refractivity contribution in [2.75, 3.05) is 13.2 Å². The molecule has 0 saturated heterocycles. The average Bonchev–Trinajstić information content (AvgIpc) is 2.51. The number of aliphatic hydroxyl groups excluding tert-OH is 4. The van der Waals surface area contributed by atoms with Gasteiger partial charge in [-0.25, -0.2) is 0 Å². The van der Waals surface area contributed by atoms with Gasteiger partial charge >= 0.3 is 0 Å². The number of hydrogen-bond acceptors (Lipinski definition) is 10. The highest BCUT2D eigenvalue weighted by atomic mass is 16.7. The predicted octanol–water partition coefficient (Wildman–Crippen LogP) is -2.46. The Morgan fingerprint density at radius 3 is 2.33 bits per heavy atom. The van der Waals surface area contributed by atoms with Gasteiger partial charge in [0, 0.05) is 19.0 Å². The molecule has 1 rings (SSSR count). The number of aromatic nitrogens is 2. The Morgan fingerprint density at radius 1 is 1.08 bits per heavy atom. The van der Waals surface area contributed by atoms with Crippen LogP contribution in [-0.4, -0.2) is 77.3 Å². The lowest BCUT2D eigenvalue weighted by molar-refractivity contribution is -0.314. The Labute approximate surface area is 138 Å². The lowest BCUT2D eigenvalue weighted by atomic mass is 10.1. The van der Waals surface area contributed by atoms with Crippen LogP contribution in [0.1, 0.15) is 36.8 Å². The van der Waals surface area contributed by atoms with Crippen LogP contribution in [0.3, 0.4) is 0 Å². The molecular formula is C14H24N2O8. The fraction of sp³-hybridized carbons (Fsp3) is 0.714. The summed E-state index contributed by atoms with van der Waals surface area (Å²) in [5.74, 6) is -2.71. The van der Waals surface area contributed by atoms with E-state index >= 15 is 0 Å². The molecular weight excluding hydrogens is 324 g/mol. The molecule has 7 N–H and O–H groups in total. The highest BCUT2D eigenvalue weighted by molar-refractivity contribution is 5.05. The van der Waals surface area contributed by atoms with Gasteiger partial charge in [-0.1, -0.05) is 0 Å². The van der Waals surface area contributed by atoms with Gasteiger partial charge in [0.2, 0.25) is 0 Å². The van der Waals surface area contributed by atoms with Crippen molar-refractivity contribution in [2.24, 2.45) is 0 Å². The number of nitrogens with zero attached hydrogens (tertiary/aromatic N) is 2. The van der Waals surface area contributed by atoms with E-state index in [1.807, 2.05) is 0 Å². The van der Waals surface area contributed by atoms with Crippen molar-refractivity contribution in [1.82, 2.24) is 9.97 Å². The Balaban J connectivity index is 2.46. The molecule has 24 heavy (non-hydrogen) atoms. The lowest BCUT2D eigenvalue weighted by Crippen LogP contribution is -2.31. The molecule has 0 spiro atoms. The standard InChI is InChI=1S/C14H24N2O8/c17-4-5-24-13(20)12(19)6-11(18)10-8-15-9(7-16-10)2-1-3-14(21,22)23/h7-8,11-13,17-23H,1-6H2. The third kappa shape index (κ3) is 8.04. The van der Waals surface area contributed by atoms with Crippen LogP contribution in [0.15, 0.2) is 12.4 Å². The zero-order chi connectivity index (χ0) is 18.2. The van der Waals surface area contributed by atoms with Gasteiger partial charge in [-0.05, 0) is 12.8 Å². The molecule has 0 aliphatic rings. The molecule has 3 unspecified atom stereocenters. The Bertz CT molecular complexity index is 465. The molecule has 0 aliphatic carbocycles. The van der Waals surface area contributed by atoms with Gasteiger partial charge in [0.1, 0.15) is 12.2 Å². The zero-order valence-corrected chi connectivity index (χ0v) is 13.1. The Hall–Kier alpha value is -1.24. The summed E-state index contributed by atoms with van der Waals surface area (Å²) in [7, 11) is 0. The second kappa shape index (κ2) is 9.91. The first-order chi connectivity index (χ1) is 11.2. The van der Waals surface area contributed by atoms with Gasteiger partial charge in [0.05, 0.1) is 30.8 Å². The number of hydrogen-bond donors (Lipinski definition) is 7. The monoisotopic (exact) mass is 348 g/mol. The van der Waals surface area contributed by atoms with Gasteiger partial charge < -0.3 is 40.5 Å². The maximum absolute atomic E-state index is 9.96. The van der Waals surface area contributed by atoms with E-state index in [2.05, 4.69) is 9.97 Å². The van der Waals surface area contributed by atoms with Crippen molar-refractivity contribution in [3.05, 3.63) is 23.8 Å². The Kier molecular flexibility index (Phi) is 8.59. The predicted molar refractivity (Wildman–Crippen MR) is 79.0 cm³/mol. The average molecular weight is 348 g/mol. The van der Waals surface area contributed by atoms with Crippen molar-refractivity contribution >= 4 is 0 Å². The molecule has 138 valence electrons. The maximum atomic E-state index is 9.96. The van der Waals surface area contributed by atoms with Crippen LogP contribution in [0.5, 0.6) is 0 Å². The summed E-state index contributed by atoms with van der Waals surface area (Å²) in [4.78, 5) is 8.04. The van der Waals surface area contributed by atoms with E-state index < -0.39 is 24.5 Å². The van der Waals surface area contributed by atoms with Gasteiger partial charge in [0.25, 0.3) is 5.97 Å². The van der Waals surface area contributed by atoms with Crippen LogP contribution >= 0.6 is 0 Å². The van der Waals surface area contributed by atoms with E-state index in [0.29, 0.717) is 12.1 Å². The summed E-state index contributed by atoms with van der Waals surface area (Å²) in [6.45, 7) is -0.442.